The standard InChI is InChI=1S/C20H24N2O6/c1-20(2,3)28-19(26)21-10-8-13(9-11-21)27-16(23)12-22-17(24)14-6-4-5-7-15(14)18(22)25/h4-7,13H,8-12H2,1-3H3. The summed E-state index contributed by atoms with van der Waals surface area (Å²) in [6, 6.07) is 6.47. The Labute approximate surface area is 163 Å². The van der Waals surface area contributed by atoms with E-state index >= 15 is 0 Å². The lowest BCUT2D eigenvalue weighted by Gasteiger charge is -2.33. The van der Waals surface area contributed by atoms with Crippen LogP contribution in [0.4, 0.5) is 4.79 Å². The van der Waals surface area contributed by atoms with E-state index in [-0.39, 0.29) is 12.2 Å². The van der Waals surface area contributed by atoms with Crippen LogP contribution in [0.1, 0.15) is 54.3 Å². The molecular formula is C20H24N2O6. The molecule has 8 heteroatoms. The van der Waals surface area contributed by atoms with Gasteiger partial charge in [-0.3, -0.25) is 19.3 Å². The van der Waals surface area contributed by atoms with Gasteiger partial charge in [-0.25, -0.2) is 4.79 Å². The Hall–Kier alpha value is -2.90. The maximum absolute atomic E-state index is 12.3. The van der Waals surface area contributed by atoms with E-state index in [0.717, 1.165) is 4.90 Å². The lowest BCUT2D eigenvalue weighted by atomic mass is 10.1. The molecule has 1 saturated heterocycles. The first kappa shape index (κ1) is 19.9. The van der Waals surface area contributed by atoms with E-state index in [1.165, 1.54) is 0 Å². The quantitative estimate of drug-likeness (QED) is 0.582. The summed E-state index contributed by atoms with van der Waals surface area (Å²) in [6.45, 7) is 5.83. The Morgan fingerprint density at radius 2 is 1.57 bits per heavy atom. The largest absolute Gasteiger partial charge is 0.461 e. The molecule has 28 heavy (non-hydrogen) atoms. The third kappa shape index (κ3) is 4.32. The molecule has 1 aromatic rings. The number of esters is 1. The van der Waals surface area contributed by atoms with Gasteiger partial charge in [0.05, 0.1) is 11.1 Å². The normalized spacial score (nSPS) is 17.5. The zero-order valence-electron chi connectivity index (χ0n) is 16.3. The number of rotatable bonds is 3. The van der Waals surface area contributed by atoms with Crippen molar-refractivity contribution in [2.24, 2.45) is 0 Å². The second-order valence-corrected chi connectivity index (χ2v) is 7.90. The summed E-state index contributed by atoms with van der Waals surface area (Å²) in [6.07, 6.45) is 0.213. The summed E-state index contributed by atoms with van der Waals surface area (Å²) >= 11 is 0. The monoisotopic (exact) mass is 388 g/mol. The topological polar surface area (TPSA) is 93.2 Å². The number of carbonyl (C=O) groups is 4. The van der Waals surface area contributed by atoms with Gasteiger partial charge < -0.3 is 14.4 Å². The molecule has 0 N–H and O–H groups in total. The van der Waals surface area contributed by atoms with E-state index in [0.29, 0.717) is 37.1 Å². The Balaban J connectivity index is 1.49. The minimum Gasteiger partial charge on any atom is -0.461 e. The summed E-state index contributed by atoms with van der Waals surface area (Å²) in [5.74, 6) is -1.61. The van der Waals surface area contributed by atoms with Crippen molar-refractivity contribution in [3.05, 3.63) is 35.4 Å². The van der Waals surface area contributed by atoms with E-state index in [9.17, 15) is 19.2 Å². The lowest BCUT2D eigenvalue weighted by Crippen LogP contribution is -2.44. The zero-order valence-corrected chi connectivity index (χ0v) is 16.3. The number of fused-ring (bicyclic) bond motifs is 1. The fourth-order valence-corrected chi connectivity index (χ4v) is 3.22. The molecule has 0 radical (unpaired) electrons. The zero-order chi connectivity index (χ0) is 20.5. The van der Waals surface area contributed by atoms with Crippen molar-refractivity contribution in [3.63, 3.8) is 0 Å². The highest BCUT2D eigenvalue weighted by atomic mass is 16.6. The van der Waals surface area contributed by atoms with Crippen LogP contribution in [0.2, 0.25) is 0 Å². The number of amides is 3. The molecule has 150 valence electrons. The molecule has 0 bridgehead atoms. The molecule has 8 nitrogen and oxygen atoms in total. The predicted molar refractivity (Wildman–Crippen MR) is 98.7 cm³/mol. The summed E-state index contributed by atoms with van der Waals surface area (Å²) < 4.78 is 10.7. The van der Waals surface area contributed by atoms with Gasteiger partial charge in [-0.1, -0.05) is 12.1 Å². The number of hydrogen-bond donors (Lipinski definition) is 0. The number of hydrogen-bond acceptors (Lipinski definition) is 6. The number of carbonyl (C=O) groups excluding carboxylic acids is 4. The number of likely N-dealkylation sites (tertiary alicyclic amines) is 1. The minimum absolute atomic E-state index is 0.297. The van der Waals surface area contributed by atoms with Gasteiger partial charge >= 0.3 is 12.1 Å². The van der Waals surface area contributed by atoms with Crippen LogP contribution in [0.5, 0.6) is 0 Å². The average molecular weight is 388 g/mol. The Bertz CT molecular complexity index is 770. The van der Waals surface area contributed by atoms with Crippen molar-refractivity contribution in [1.82, 2.24) is 9.80 Å². The fraction of sp³-hybridized carbons (Fsp3) is 0.500. The third-order valence-corrected chi connectivity index (χ3v) is 4.56. The molecule has 2 aliphatic heterocycles. The predicted octanol–water partition coefficient (Wildman–Crippen LogP) is 2.23. The summed E-state index contributed by atoms with van der Waals surface area (Å²) in [7, 11) is 0. The van der Waals surface area contributed by atoms with Crippen molar-refractivity contribution >= 4 is 23.9 Å². The van der Waals surface area contributed by atoms with E-state index in [1.54, 1.807) is 49.9 Å². The number of nitrogens with zero attached hydrogens (tertiary/aromatic N) is 2. The van der Waals surface area contributed by atoms with Crippen molar-refractivity contribution in [1.29, 1.82) is 0 Å². The van der Waals surface area contributed by atoms with Crippen molar-refractivity contribution in [3.8, 4) is 0 Å². The van der Waals surface area contributed by atoms with Gasteiger partial charge in [0.25, 0.3) is 11.8 Å². The summed E-state index contributed by atoms with van der Waals surface area (Å²) in [5.41, 5.74) is 0.0317. The van der Waals surface area contributed by atoms with Gasteiger partial charge in [-0.15, -0.1) is 0 Å². The Morgan fingerprint density at radius 1 is 1.04 bits per heavy atom. The Kier molecular flexibility index (Phi) is 5.40. The van der Waals surface area contributed by atoms with E-state index in [2.05, 4.69) is 0 Å². The van der Waals surface area contributed by atoms with Gasteiger partial charge in [0.2, 0.25) is 0 Å². The third-order valence-electron chi connectivity index (χ3n) is 4.56. The van der Waals surface area contributed by atoms with Crippen LogP contribution in [0.3, 0.4) is 0 Å². The van der Waals surface area contributed by atoms with Gasteiger partial charge in [-0.2, -0.15) is 0 Å². The van der Waals surface area contributed by atoms with E-state index < -0.39 is 29.9 Å². The number of benzene rings is 1. The molecule has 0 atom stereocenters. The molecule has 0 aliphatic carbocycles. The lowest BCUT2D eigenvalue weighted by molar-refractivity contribution is -0.151. The first-order valence-corrected chi connectivity index (χ1v) is 9.28. The maximum Gasteiger partial charge on any atom is 0.410 e. The molecule has 0 saturated carbocycles. The molecular weight excluding hydrogens is 364 g/mol. The van der Waals surface area contributed by atoms with Crippen LogP contribution in [0.15, 0.2) is 24.3 Å². The van der Waals surface area contributed by atoms with Crippen LogP contribution >= 0.6 is 0 Å². The molecule has 0 unspecified atom stereocenters. The van der Waals surface area contributed by atoms with Crippen molar-refractivity contribution in [2.45, 2.75) is 45.3 Å². The Morgan fingerprint density at radius 3 is 2.07 bits per heavy atom. The number of piperidine rings is 1. The van der Waals surface area contributed by atoms with Crippen molar-refractivity contribution < 1.29 is 28.7 Å². The summed E-state index contributed by atoms with van der Waals surface area (Å²) in [5, 5.41) is 0. The average Bonchev–Trinajstić information content (AvgIpc) is 2.86. The fourth-order valence-electron chi connectivity index (χ4n) is 3.22. The second kappa shape index (κ2) is 7.61. The first-order chi connectivity index (χ1) is 13.2. The van der Waals surface area contributed by atoms with E-state index in [1.807, 2.05) is 0 Å². The molecule has 3 amide bonds. The highest BCUT2D eigenvalue weighted by Crippen LogP contribution is 2.23. The smallest absolute Gasteiger partial charge is 0.410 e. The van der Waals surface area contributed by atoms with Crippen LogP contribution in [-0.2, 0) is 14.3 Å². The number of imide groups is 1. The van der Waals surface area contributed by atoms with Gasteiger partial charge in [-0.05, 0) is 32.9 Å². The van der Waals surface area contributed by atoms with Crippen LogP contribution in [0, 0.1) is 0 Å². The highest BCUT2D eigenvalue weighted by molar-refractivity contribution is 6.22. The molecule has 0 aromatic heterocycles. The van der Waals surface area contributed by atoms with Crippen LogP contribution in [-0.4, -0.2) is 65.0 Å². The SMILES string of the molecule is CC(C)(C)OC(=O)N1CCC(OC(=O)CN2C(=O)c3ccccc3C2=O)CC1. The number of ether oxygens (including phenoxy) is 2. The molecule has 0 spiro atoms. The van der Waals surface area contributed by atoms with E-state index in [4.69, 9.17) is 9.47 Å². The second-order valence-electron chi connectivity index (χ2n) is 7.90. The molecule has 1 fully saturated rings. The molecule has 1 aromatic carbocycles. The molecule has 3 rings (SSSR count). The van der Waals surface area contributed by atoms with Gasteiger partial charge in [0.1, 0.15) is 18.2 Å². The first-order valence-electron chi connectivity index (χ1n) is 9.28. The summed E-state index contributed by atoms with van der Waals surface area (Å²) in [4.78, 5) is 51.4. The molecule has 2 aliphatic rings. The van der Waals surface area contributed by atoms with Crippen LogP contribution in [0.25, 0.3) is 0 Å². The van der Waals surface area contributed by atoms with Gasteiger partial charge in [0.15, 0.2) is 0 Å². The van der Waals surface area contributed by atoms with Crippen LogP contribution < -0.4 is 0 Å². The maximum atomic E-state index is 12.3. The van der Waals surface area contributed by atoms with Gasteiger partial charge in [0, 0.05) is 25.9 Å². The minimum atomic E-state index is -0.634. The highest BCUT2D eigenvalue weighted by Gasteiger charge is 2.37. The van der Waals surface area contributed by atoms with Crippen molar-refractivity contribution in [2.75, 3.05) is 19.6 Å². The molecule has 2 heterocycles.